The van der Waals surface area contributed by atoms with Crippen LogP contribution in [-0.2, 0) is 9.53 Å². The monoisotopic (exact) mass is 707 g/mol. The van der Waals surface area contributed by atoms with Crippen molar-refractivity contribution in [2.75, 3.05) is 30.3 Å². The summed E-state index contributed by atoms with van der Waals surface area (Å²) < 4.78 is 57.7. The lowest BCUT2D eigenvalue weighted by Gasteiger charge is -2.43. The Bertz CT molecular complexity index is 1910. The first-order valence-electron chi connectivity index (χ1n) is 16.9. The minimum absolute atomic E-state index is 0.0375. The smallest absolute Gasteiger partial charge is 0.429 e. The molecule has 0 bridgehead atoms. The van der Waals surface area contributed by atoms with E-state index in [1.54, 1.807) is 56.4 Å². The molecular formula is C36H40F3N7O5. The fraction of sp³-hybridized carbons (Fsp3) is 0.417. The number of nitrogens with one attached hydrogen (secondary N) is 1. The lowest BCUT2D eigenvalue weighted by Crippen LogP contribution is -2.46. The van der Waals surface area contributed by atoms with Crippen LogP contribution in [0.2, 0.25) is 0 Å². The van der Waals surface area contributed by atoms with Crippen LogP contribution in [-0.4, -0.2) is 74.7 Å². The van der Waals surface area contributed by atoms with Crippen molar-refractivity contribution < 1.29 is 37.3 Å². The largest absolute Gasteiger partial charge is 0.480 e. The Morgan fingerprint density at radius 1 is 1.10 bits per heavy atom. The number of alkyl halides is 3. The molecule has 51 heavy (non-hydrogen) atoms. The third kappa shape index (κ3) is 7.34. The second-order valence-electron chi connectivity index (χ2n) is 13.0. The number of piperidine rings is 1. The predicted octanol–water partition coefficient (Wildman–Crippen LogP) is 5.89. The number of carbonyl (C=O) groups excluding carboxylic acids is 1. The minimum atomic E-state index is -4.93. The molecule has 2 unspecified atom stereocenters. The Morgan fingerprint density at radius 2 is 1.84 bits per heavy atom. The van der Waals surface area contributed by atoms with Gasteiger partial charge in [-0.15, -0.1) is 0 Å². The molecule has 3 atom stereocenters. The maximum atomic E-state index is 15.2. The number of aliphatic carboxylic acids is 1. The first-order valence-corrected chi connectivity index (χ1v) is 16.9. The van der Waals surface area contributed by atoms with E-state index in [1.165, 1.54) is 22.9 Å². The first kappa shape index (κ1) is 35.6. The van der Waals surface area contributed by atoms with Crippen molar-refractivity contribution in [3.05, 3.63) is 77.6 Å². The molecule has 2 saturated heterocycles. The van der Waals surface area contributed by atoms with Crippen LogP contribution in [0.15, 0.2) is 60.8 Å². The highest BCUT2D eigenvalue weighted by molar-refractivity contribution is 5.97. The Kier molecular flexibility index (Phi) is 9.93. The summed E-state index contributed by atoms with van der Waals surface area (Å²) in [5, 5.41) is 17.2. The third-order valence-electron chi connectivity index (χ3n) is 9.80. The molecule has 2 aliphatic rings. The zero-order valence-corrected chi connectivity index (χ0v) is 28.5. The van der Waals surface area contributed by atoms with E-state index in [2.05, 4.69) is 20.4 Å². The molecule has 4 heterocycles. The molecule has 270 valence electrons. The Labute approximate surface area is 292 Å². The maximum absolute atomic E-state index is 15.2. The number of nitrogen functional groups attached to an aromatic ring is 1. The number of aromatic nitrogens is 4. The van der Waals surface area contributed by atoms with Gasteiger partial charge in [-0.25, -0.2) is 9.48 Å². The van der Waals surface area contributed by atoms with Crippen molar-refractivity contribution in [2.24, 2.45) is 5.41 Å². The second-order valence-corrected chi connectivity index (χ2v) is 13.0. The fourth-order valence-electron chi connectivity index (χ4n) is 7.36. The summed E-state index contributed by atoms with van der Waals surface area (Å²) in [4.78, 5) is 34.8. The average molecular weight is 708 g/mol. The summed E-state index contributed by atoms with van der Waals surface area (Å²) in [6.07, 6.45) is -3.29. The number of nitrogens with two attached hydrogens (primary N) is 1. The molecule has 1 spiro atoms. The van der Waals surface area contributed by atoms with E-state index in [4.69, 9.17) is 15.2 Å². The van der Waals surface area contributed by atoms with Crippen LogP contribution in [0.1, 0.15) is 67.3 Å². The molecule has 15 heteroatoms. The summed E-state index contributed by atoms with van der Waals surface area (Å²) in [7, 11) is 0. The van der Waals surface area contributed by atoms with Crippen molar-refractivity contribution in [1.29, 1.82) is 0 Å². The second kappa shape index (κ2) is 14.2. The maximum Gasteiger partial charge on any atom is 0.429 e. The first-order chi connectivity index (χ1) is 24.3. The third-order valence-corrected chi connectivity index (χ3v) is 9.80. The summed E-state index contributed by atoms with van der Waals surface area (Å²) >= 11 is 0. The van der Waals surface area contributed by atoms with E-state index in [9.17, 15) is 14.7 Å². The number of hydrogen-bond acceptors (Lipinski definition) is 10. The molecule has 0 aliphatic carbocycles. The van der Waals surface area contributed by atoms with Gasteiger partial charge in [0, 0.05) is 37.0 Å². The van der Waals surface area contributed by atoms with Gasteiger partial charge in [0.05, 0.1) is 23.6 Å². The van der Waals surface area contributed by atoms with Gasteiger partial charge in [-0.1, -0.05) is 31.2 Å². The van der Waals surface area contributed by atoms with Crippen LogP contribution in [0.5, 0.6) is 5.88 Å². The highest BCUT2D eigenvalue weighted by Gasteiger charge is 2.50. The topological polar surface area (TPSA) is 158 Å². The SMILES string of the molecule is CCOC(=O)c1ccccc1-c1ccc(-n2ccc(C)n2)c([C@@H](Oc2cc(N3CCC4(CC3)CC(C(=O)O)NC4CC)nc(N)n2)C(F)(F)F)c1. The van der Waals surface area contributed by atoms with Gasteiger partial charge in [0.15, 0.2) is 0 Å². The van der Waals surface area contributed by atoms with Crippen LogP contribution >= 0.6 is 0 Å². The normalized spacial score (nSPS) is 19.2. The number of carbonyl (C=O) groups is 2. The van der Waals surface area contributed by atoms with Gasteiger partial charge >= 0.3 is 18.1 Å². The van der Waals surface area contributed by atoms with E-state index in [0.717, 1.165) is 6.42 Å². The number of hydrogen-bond donors (Lipinski definition) is 3. The summed E-state index contributed by atoms with van der Waals surface area (Å²) in [5.41, 5.74) is 7.19. The van der Waals surface area contributed by atoms with Crippen LogP contribution in [0.4, 0.5) is 24.9 Å². The average Bonchev–Trinajstić information content (AvgIpc) is 3.70. The molecule has 4 aromatic rings. The molecule has 2 aliphatic heterocycles. The molecule has 2 aromatic heterocycles. The van der Waals surface area contributed by atoms with Crippen LogP contribution in [0.25, 0.3) is 16.8 Å². The van der Waals surface area contributed by atoms with Crippen molar-refractivity contribution in [3.63, 3.8) is 0 Å². The van der Waals surface area contributed by atoms with E-state index in [1.807, 2.05) is 11.8 Å². The fourth-order valence-corrected chi connectivity index (χ4v) is 7.36. The molecule has 0 amide bonds. The summed E-state index contributed by atoms with van der Waals surface area (Å²) in [6.45, 7) is 6.53. The molecule has 4 N–H and O–H groups in total. The van der Waals surface area contributed by atoms with Gasteiger partial charge in [-0.05, 0) is 80.3 Å². The van der Waals surface area contributed by atoms with Crippen LogP contribution in [0.3, 0.4) is 0 Å². The zero-order chi connectivity index (χ0) is 36.5. The number of aryl methyl sites for hydroxylation is 1. The molecule has 6 rings (SSSR count). The minimum Gasteiger partial charge on any atom is -0.480 e. The number of ether oxygens (including phenoxy) is 2. The number of benzene rings is 2. The Balaban J connectivity index is 1.35. The van der Waals surface area contributed by atoms with Gasteiger partial charge in [-0.3, -0.25) is 4.79 Å². The van der Waals surface area contributed by atoms with E-state index in [-0.39, 0.29) is 46.7 Å². The van der Waals surface area contributed by atoms with E-state index >= 15 is 13.2 Å². The van der Waals surface area contributed by atoms with Gasteiger partial charge in [0.1, 0.15) is 11.9 Å². The standard InChI is InChI=1S/C36H40F3N7O5/c1-4-28-35(20-26(41-28)32(47)48)13-16-45(17-14-35)29-19-30(43-34(40)42-29)51-31(36(37,38)39)25-18-22(10-11-27(25)46-15-12-21(3)44-46)23-8-6-7-9-24(23)33(49)50-5-2/h6-12,15,18-19,26,28,31,41H,4-5,13-14,16-17,20H2,1-3H3,(H,47,48)(H2,40,42,43)/t26?,28?,31-/m1/s1. The highest BCUT2D eigenvalue weighted by atomic mass is 19.4. The van der Waals surface area contributed by atoms with Gasteiger partial charge in [-0.2, -0.15) is 28.2 Å². The van der Waals surface area contributed by atoms with Crippen LogP contribution in [0, 0.1) is 12.3 Å². The van der Waals surface area contributed by atoms with Crippen LogP contribution < -0.4 is 20.7 Å². The number of halogens is 3. The van der Waals surface area contributed by atoms with Gasteiger partial charge in [0.2, 0.25) is 17.9 Å². The van der Waals surface area contributed by atoms with Gasteiger partial charge < -0.3 is 30.5 Å². The molecule has 0 radical (unpaired) electrons. The number of carboxylic acids is 1. The van der Waals surface area contributed by atoms with Crippen molar-refractivity contribution >= 4 is 23.7 Å². The Hall–Kier alpha value is -5.18. The molecule has 2 fully saturated rings. The molecule has 12 nitrogen and oxygen atoms in total. The van der Waals surface area contributed by atoms with E-state index in [0.29, 0.717) is 55.0 Å². The van der Waals surface area contributed by atoms with Crippen molar-refractivity contribution in [3.8, 4) is 22.7 Å². The number of rotatable bonds is 10. The Morgan fingerprint density at radius 3 is 2.49 bits per heavy atom. The zero-order valence-electron chi connectivity index (χ0n) is 28.5. The molecule has 0 saturated carbocycles. The lowest BCUT2D eigenvalue weighted by molar-refractivity contribution is -0.198. The summed E-state index contributed by atoms with van der Waals surface area (Å²) in [5.74, 6) is -1.81. The highest BCUT2D eigenvalue weighted by Crippen LogP contribution is 2.46. The quantitative estimate of drug-likeness (QED) is 0.169. The van der Waals surface area contributed by atoms with E-state index < -0.39 is 30.3 Å². The number of esters is 1. The lowest BCUT2D eigenvalue weighted by atomic mass is 9.71. The summed E-state index contributed by atoms with van der Waals surface area (Å²) in [6, 6.07) is 13.4. The molecule has 2 aromatic carbocycles. The van der Waals surface area contributed by atoms with Gasteiger partial charge in [0.25, 0.3) is 0 Å². The molecular weight excluding hydrogens is 667 g/mol. The number of nitrogens with zero attached hydrogens (tertiary/aromatic N) is 5. The van der Waals surface area contributed by atoms with Crippen molar-refractivity contribution in [1.82, 2.24) is 25.1 Å². The van der Waals surface area contributed by atoms with Crippen molar-refractivity contribution in [2.45, 2.75) is 70.8 Å². The number of carboxylic acid groups (broad SMARTS) is 1. The predicted molar refractivity (Wildman–Crippen MR) is 183 cm³/mol. The number of anilines is 2.